The summed E-state index contributed by atoms with van der Waals surface area (Å²) in [5.41, 5.74) is 9.65. The fourth-order valence-electron chi connectivity index (χ4n) is 3.06. The van der Waals surface area contributed by atoms with E-state index in [-0.39, 0.29) is 6.04 Å². The lowest BCUT2D eigenvalue weighted by molar-refractivity contribution is 0.353. The Kier molecular flexibility index (Phi) is 4.34. The summed E-state index contributed by atoms with van der Waals surface area (Å²) in [6.07, 6.45) is 4.22. The minimum atomic E-state index is 0.0288. The summed E-state index contributed by atoms with van der Waals surface area (Å²) in [7, 11) is 3.29. The molecule has 0 saturated carbocycles. The highest BCUT2D eigenvalue weighted by atomic mass is 32.2. The van der Waals surface area contributed by atoms with Gasteiger partial charge in [0.25, 0.3) is 0 Å². The number of thioether (sulfide) groups is 1. The second kappa shape index (κ2) is 6.80. The maximum absolute atomic E-state index is 5.82. The number of anilines is 1. The van der Waals surface area contributed by atoms with Gasteiger partial charge >= 0.3 is 0 Å². The van der Waals surface area contributed by atoms with Crippen molar-refractivity contribution in [1.82, 2.24) is 4.90 Å². The van der Waals surface area contributed by atoms with Crippen LogP contribution in [0.15, 0.2) is 65.1 Å². The van der Waals surface area contributed by atoms with E-state index in [0.29, 0.717) is 5.75 Å². The highest BCUT2D eigenvalue weighted by Crippen LogP contribution is 2.40. The van der Waals surface area contributed by atoms with Crippen LogP contribution in [-0.2, 0) is 0 Å². The number of nitrogens with two attached hydrogens (primary N) is 1. The molecule has 2 aromatic carbocycles. The number of amidine groups is 1. The molecule has 0 bridgehead atoms. The molecule has 2 aliphatic rings. The monoisotopic (exact) mass is 365 g/mol. The van der Waals surface area contributed by atoms with Crippen molar-refractivity contribution in [2.24, 2.45) is 4.99 Å². The molecule has 1 atom stereocenters. The van der Waals surface area contributed by atoms with Gasteiger partial charge in [-0.1, -0.05) is 30.0 Å². The maximum atomic E-state index is 5.82. The molecular formula is C20H19N3O2S. The molecule has 6 heteroatoms. The van der Waals surface area contributed by atoms with E-state index in [1.54, 1.807) is 26.0 Å². The van der Waals surface area contributed by atoms with Crippen LogP contribution in [0.2, 0.25) is 0 Å². The van der Waals surface area contributed by atoms with Crippen molar-refractivity contribution in [3.63, 3.8) is 0 Å². The molecule has 26 heavy (non-hydrogen) atoms. The number of aliphatic imine (C=N–C) groups is 1. The van der Waals surface area contributed by atoms with Crippen LogP contribution in [0.25, 0.3) is 5.70 Å². The van der Waals surface area contributed by atoms with Gasteiger partial charge in [0.1, 0.15) is 0 Å². The van der Waals surface area contributed by atoms with Gasteiger partial charge in [-0.3, -0.25) is 0 Å². The molecule has 0 radical (unpaired) electrons. The number of hydrogen-bond donors (Lipinski definition) is 1. The van der Waals surface area contributed by atoms with Crippen LogP contribution in [-0.4, -0.2) is 24.3 Å². The number of methoxy groups -OCH3 is 2. The number of benzene rings is 2. The zero-order valence-electron chi connectivity index (χ0n) is 14.5. The number of nitrogen functional groups attached to an aromatic ring is 1. The molecule has 132 valence electrons. The first kappa shape index (κ1) is 16.6. The van der Waals surface area contributed by atoms with Gasteiger partial charge in [0.05, 0.1) is 26.0 Å². The SMILES string of the molecule is COc1ccc(C2C=C(c3ccc(N)cc3)N=C3SC=CN32)cc1OC. The van der Waals surface area contributed by atoms with E-state index >= 15 is 0 Å². The summed E-state index contributed by atoms with van der Waals surface area (Å²) in [5, 5.41) is 3.01. The summed E-state index contributed by atoms with van der Waals surface area (Å²) in [4.78, 5) is 6.96. The molecule has 0 saturated heterocycles. The normalized spacial score (nSPS) is 18.2. The van der Waals surface area contributed by atoms with Crippen LogP contribution in [0.3, 0.4) is 0 Å². The van der Waals surface area contributed by atoms with Gasteiger partial charge in [-0.15, -0.1) is 0 Å². The average Bonchev–Trinajstić information content (AvgIpc) is 3.16. The molecule has 1 unspecified atom stereocenters. The second-order valence-electron chi connectivity index (χ2n) is 5.94. The predicted molar refractivity (Wildman–Crippen MR) is 107 cm³/mol. The Balaban J connectivity index is 1.77. The quantitative estimate of drug-likeness (QED) is 0.821. The number of nitrogens with zero attached hydrogens (tertiary/aromatic N) is 2. The highest BCUT2D eigenvalue weighted by Gasteiger charge is 2.29. The van der Waals surface area contributed by atoms with Crippen LogP contribution in [0.4, 0.5) is 5.69 Å². The van der Waals surface area contributed by atoms with E-state index in [1.807, 2.05) is 41.8 Å². The maximum Gasteiger partial charge on any atom is 0.173 e. The van der Waals surface area contributed by atoms with Gasteiger partial charge in [-0.05, 0) is 41.3 Å². The van der Waals surface area contributed by atoms with E-state index < -0.39 is 0 Å². The van der Waals surface area contributed by atoms with Crippen LogP contribution < -0.4 is 15.2 Å². The van der Waals surface area contributed by atoms with Crippen LogP contribution >= 0.6 is 11.8 Å². The van der Waals surface area contributed by atoms with Crippen molar-refractivity contribution in [2.75, 3.05) is 20.0 Å². The Hall–Kier alpha value is -2.86. The molecule has 0 aromatic heterocycles. The molecule has 2 N–H and O–H groups in total. The summed E-state index contributed by atoms with van der Waals surface area (Å²) >= 11 is 1.62. The minimum absolute atomic E-state index is 0.0288. The van der Waals surface area contributed by atoms with Gasteiger partial charge in [0.2, 0.25) is 0 Å². The molecule has 2 heterocycles. The average molecular weight is 365 g/mol. The van der Waals surface area contributed by atoms with Crippen molar-refractivity contribution in [2.45, 2.75) is 6.04 Å². The zero-order valence-corrected chi connectivity index (χ0v) is 15.4. The standard InChI is InChI=1S/C20H19N3O2S/c1-24-18-8-5-14(11-19(18)25-2)17-12-16(13-3-6-15(21)7-4-13)22-20-23(17)9-10-26-20/h3-12,17H,21H2,1-2H3. The molecule has 0 spiro atoms. The summed E-state index contributed by atoms with van der Waals surface area (Å²) in [6.45, 7) is 0. The van der Waals surface area contributed by atoms with Crippen LogP contribution in [0, 0.1) is 0 Å². The van der Waals surface area contributed by atoms with E-state index in [4.69, 9.17) is 20.2 Å². The van der Waals surface area contributed by atoms with Crippen molar-refractivity contribution in [1.29, 1.82) is 0 Å². The van der Waals surface area contributed by atoms with E-state index in [2.05, 4.69) is 23.2 Å². The first-order valence-electron chi connectivity index (χ1n) is 8.19. The van der Waals surface area contributed by atoms with Crippen molar-refractivity contribution in [3.8, 4) is 11.5 Å². The lowest BCUT2D eigenvalue weighted by atomic mass is 10.0. The Labute approximate surface area is 156 Å². The predicted octanol–water partition coefficient (Wildman–Crippen LogP) is 4.26. The lowest BCUT2D eigenvalue weighted by Gasteiger charge is -2.30. The smallest absolute Gasteiger partial charge is 0.173 e. The molecule has 0 fully saturated rings. The fraction of sp³-hybridized carbons (Fsp3) is 0.150. The summed E-state index contributed by atoms with van der Waals surface area (Å²) in [5.74, 6) is 1.43. The molecule has 2 aromatic rings. The minimum Gasteiger partial charge on any atom is -0.493 e. The third-order valence-electron chi connectivity index (χ3n) is 4.40. The molecular weight excluding hydrogens is 346 g/mol. The zero-order chi connectivity index (χ0) is 18.1. The summed E-state index contributed by atoms with van der Waals surface area (Å²) < 4.78 is 10.8. The first-order valence-corrected chi connectivity index (χ1v) is 9.07. The number of rotatable bonds is 4. The Bertz CT molecular complexity index is 919. The van der Waals surface area contributed by atoms with Crippen molar-refractivity contribution < 1.29 is 9.47 Å². The van der Waals surface area contributed by atoms with E-state index in [0.717, 1.165) is 33.4 Å². The largest absolute Gasteiger partial charge is 0.493 e. The Morgan fingerprint density at radius 1 is 1.04 bits per heavy atom. The van der Waals surface area contributed by atoms with Crippen LogP contribution in [0.5, 0.6) is 11.5 Å². The van der Waals surface area contributed by atoms with Gasteiger partial charge in [-0.2, -0.15) is 0 Å². The third-order valence-corrected chi connectivity index (χ3v) is 5.17. The van der Waals surface area contributed by atoms with E-state index in [1.165, 1.54) is 0 Å². The Morgan fingerprint density at radius 2 is 1.81 bits per heavy atom. The molecule has 0 aliphatic carbocycles. The number of ether oxygens (including phenoxy) is 2. The molecule has 5 nitrogen and oxygen atoms in total. The van der Waals surface area contributed by atoms with Gasteiger partial charge in [-0.25, -0.2) is 4.99 Å². The molecule has 0 amide bonds. The second-order valence-corrected chi connectivity index (χ2v) is 6.81. The van der Waals surface area contributed by atoms with E-state index in [9.17, 15) is 0 Å². The summed E-state index contributed by atoms with van der Waals surface area (Å²) in [6, 6.07) is 13.8. The highest BCUT2D eigenvalue weighted by molar-refractivity contribution is 8.16. The van der Waals surface area contributed by atoms with Crippen molar-refractivity contribution >= 4 is 28.3 Å². The number of hydrogen-bond acceptors (Lipinski definition) is 6. The van der Waals surface area contributed by atoms with Gasteiger partial charge in [0, 0.05) is 17.5 Å². The number of fused-ring (bicyclic) bond motifs is 1. The Morgan fingerprint density at radius 3 is 2.54 bits per heavy atom. The first-order chi connectivity index (χ1) is 12.7. The fourth-order valence-corrected chi connectivity index (χ4v) is 3.82. The topological polar surface area (TPSA) is 60.1 Å². The van der Waals surface area contributed by atoms with Crippen LogP contribution in [0.1, 0.15) is 17.2 Å². The van der Waals surface area contributed by atoms with Gasteiger partial charge in [0.15, 0.2) is 16.7 Å². The van der Waals surface area contributed by atoms with Gasteiger partial charge < -0.3 is 20.1 Å². The lowest BCUT2D eigenvalue weighted by Crippen LogP contribution is -2.27. The third kappa shape index (κ3) is 2.93. The molecule has 4 rings (SSSR count). The van der Waals surface area contributed by atoms with Crippen molar-refractivity contribution in [3.05, 3.63) is 71.3 Å². The molecule has 2 aliphatic heterocycles.